The van der Waals surface area contributed by atoms with E-state index in [1.165, 1.54) is 6.20 Å². The number of halogens is 1. The van der Waals surface area contributed by atoms with Gasteiger partial charge in [0.2, 0.25) is 0 Å². The number of pyridine rings is 1. The Balaban J connectivity index is 2.02. The highest BCUT2D eigenvalue weighted by Gasteiger charge is 2.20. The molecule has 0 unspecified atom stereocenters. The molecule has 0 radical (unpaired) electrons. The Labute approximate surface area is 125 Å². The van der Waals surface area contributed by atoms with Gasteiger partial charge < -0.3 is 5.11 Å². The van der Waals surface area contributed by atoms with Gasteiger partial charge in [-0.05, 0) is 13.8 Å². The highest BCUT2D eigenvalue weighted by molar-refractivity contribution is 6.38. The first-order chi connectivity index (χ1) is 9.97. The molecule has 0 aliphatic carbocycles. The minimum atomic E-state index is -1.10. The van der Waals surface area contributed by atoms with Crippen LogP contribution in [-0.4, -0.2) is 43.1 Å². The first-order valence-corrected chi connectivity index (χ1v) is 6.64. The molecule has 3 heterocycles. The van der Waals surface area contributed by atoms with Crippen LogP contribution in [0.25, 0.3) is 11.0 Å². The molecule has 2 aromatic heterocycles. The number of carboxylic acid groups (broad SMARTS) is 1. The summed E-state index contributed by atoms with van der Waals surface area (Å²) in [5.74, 6) is -1.10. The molecule has 2 aromatic rings. The minimum absolute atomic E-state index is 0.0229. The summed E-state index contributed by atoms with van der Waals surface area (Å²) in [6.45, 7) is 4.81. The van der Waals surface area contributed by atoms with Crippen LogP contribution in [0.15, 0.2) is 11.3 Å². The van der Waals surface area contributed by atoms with Gasteiger partial charge in [0.1, 0.15) is 6.67 Å². The molecule has 1 aliphatic rings. The third-order valence-electron chi connectivity index (χ3n) is 3.21. The van der Waals surface area contributed by atoms with E-state index in [2.05, 4.69) is 20.7 Å². The number of fused-ring (bicyclic) bond motifs is 1. The molecule has 0 bridgehead atoms. The van der Waals surface area contributed by atoms with Crippen LogP contribution < -0.4 is 5.53 Å². The van der Waals surface area contributed by atoms with Gasteiger partial charge in [0.25, 0.3) is 0 Å². The molecule has 8 nitrogen and oxygen atoms in total. The zero-order valence-electron chi connectivity index (χ0n) is 11.5. The van der Waals surface area contributed by atoms with E-state index in [-0.39, 0.29) is 10.6 Å². The van der Waals surface area contributed by atoms with Crippen molar-refractivity contribution in [3.8, 4) is 0 Å². The third kappa shape index (κ3) is 2.32. The summed E-state index contributed by atoms with van der Waals surface area (Å²) in [5, 5.41) is 20.2. The number of hydrazone groups is 1. The van der Waals surface area contributed by atoms with Gasteiger partial charge in [-0.3, -0.25) is 0 Å². The van der Waals surface area contributed by atoms with Gasteiger partial charge in [0.05, 0.1) is 33.9 Å². The van der Waals surface area contributed by atoms with Crippen LogP contribution in [0.4, 0.5) is 0 Å². The molecule has 9 heteroatoms. The third-order valence-corrected chi connectivity index (χ3v) is 3.60. The second kappa shape index (κ2) is 4.97. The first kappa shape index (κ1) is 13.8. The zero-order valence-corrected chi connectivity index (χ0v) is 12.2. The predicted octanol–water partition coefficient (Wildman–Crippen LogP) is 1.24. The standard InChI is InChI=1S/C12H13ClN6O2/c1-6-4-18(17-15-6)5-19-11-9(7(2)16-19)10(13)8(3-14-11)12(20)21/h3,17H,4-5H2,1-2H3,(H,20,21). The Bertz CT molecular complexity index is 769. The van der Waals surface area contributed by atoms with Gasteiger partial charge >= 0.3 is 5.97 Å². The number of carbonyl (C=O) groups is 1. The van der Waals surface area contributed by atoms with Crippen LogP contribution in [0, 0.1) is 6.92 Å². The second-order valence-electron chi connectivity index (χ2n) is 4.86. The fraction of sp³-hybridized carbons (Fsp3) is 0.333. The SMILES string of the molecule is CC1=NNN(Cn2nc(C)c3c(Cl)c(C(=O)O)cnc32)C1. The normalized spacial score (nSPS) is 15.3. The van der Waals surface area contributed by atoms with Crippen LogP contribution in [0.3, 0.4) is 0 Å². The first-order valence-electron chi connectivity index (χ1n) is 6.26. The van der Waals surface area contributed by atoms with E-state index in [9.17, 15) is 4.79 Å². The van der Waals surface area contributed by atoms with Crippen molar-refractivity contribution < 1.29 is 9.90 Å². The number of carboxylic acids is 1. The van der Waals surface area contributed by atoms with E-state index < -0.39 is 5.97 Å². The molecule has 0 fully saturated rings. The number of hydrazine groups is 1. The summed E-state index contributed by atoms with van der Waals surface area (Å²) in [6, 6.07) is 0. The van der Waals surface area contributed by atoms with Crippen molar-refractivity contribution in [1.82, 2.24) is 25.3 Å². The predicted molar refractivity (Wildman–Crippen MR) is 77.2 cm³/mol. The average Bonchev–Trinajstić information content (AvgIpc) is 2.95. The zero-order chi connectivity index (χ0) is 15.1. The summed E-state index contributed by atoms with van der Waals surface area (Å²) in [4.78, 5) is 15.3. The lowest BCUT2D eigenvalue weighted by Gasteiger charge is -2.14. The average molecular weight is 309 g/mol. The monoisotopic (exact) mass is 308 g/mol. The number of aryl methyl sites for hydroxylation is 1. The summed E-state index contributed by atoms with van der Waals surface area (Å²) >= 11 is 6.17. The van der Waals surface area contributed by atoms with Crippen LogP contribution in [0.1, 0.15) is 23.0 Å². The maximum Gasteiger partial charge on any atom is 0.338 e. The van der Waals surface area contributed by atoms with Crippen LogP contribution in [-0.2, 0) is 6.67 Å². The Morgan fingerprint density at radius 3 is 2.90 bits per heavy atom. The molecule has 0 aromatic carbocycles. The molecule has 110 valence electrons. The van der Waals surface area contributed by atoms with Crippen LogP contribution >= 0.6 is 11.6 Å². The van der Waals surface area contributed by atoms with E-state index in [1.54, 1.807) is 11.6 Å². The van der Waals surface area contributed by atoms with Crippen molar-refractivity contribution in [1.29, 1.82) is 0 Å². The van der Waals surface area contributed by atoms with Crippen molar-refractivity contribution in [2.45, 2.75) is 20.5 Å². The molecule has 0 amide bonds. The molecular weight excluding hydrogens is 296 g/mol. The molecule has 1 aliphatic heterocycles. The van der Waals surface area contributed by atoms with Crippen molar-refractivity contribution in [3.63, 3.8) is 0 Å². The van der Waals surface area contributed by atoms with Crippen molar-refractivity contribution >= 4 is 34.3 Å². The Hall–Kier alpha value is -2.19. The fourth-order valence-electron chi connectivity index (χ4n) is 2.27. The fourth-order valence-corrected chi connectivity index (χ4v) is 2.62. The number of nitrogens with one attached hydrogen (secondary N) is 1. The molecule has 21 heavy (non-hydrogen) atoms. The summed E-state index contributed by atoms with van der Waals surface area (Å²) in [5.41, 5.74) is 5.02. The van der Waals surface area contributed by atoms with Gasteiger partial charge in [-0.2, -0.15) is 15.2 Å². The van der Waals surface area contributed by atoms with E-state index >= 15 is 0 Å². The Morgan fingerprint density at radius 1 is 1.52 bits per heavy atom. The number of hydrogen-bond acceptors (Lipinski definition) is 6. The van der Waals surface area contributed by atoms with E-state index in [4.69, 9.17) is 16.7 Å². The smallest absolute Gasteiger partial charge is 0.338 e. The number of aromatic carboxylic acids is 1. The maximum atomic E-state index is 11.1. The van der Waals surface area contributed by atoms with Gasteiger partial charge in [-0.25, -0.2) is 20.0 Å². The molecular formula is C12H13ClN6O2. The minimum Gasteiger partial charge on any atom is -0.478 e. The maximum absolute atomic E-state index is 11.1. The lowest BCUT2D eigenvalue weighted by Crippen LogP contribution is -2.33. The molecule has 0 saturated heterocycles. The van der Waals surface area contributed by atoms with Crippen molar-refractivity contribution in [2.75, 3.05) is 6.54 Å². The van der Waals surface area contributed by atoms with Crippen LogP contribution in [0.2, 0.25) is 5.02 Å². The van der Waals surface area contributed by atoms with E-state index in [1.807, 2.05) is 11.9 Å². The molecule has 0 saturated carbocycles. The number of aromatic nitrogens is 3. The van der Waals surface area contributed by atoms with Crippen LogP contribution in [0.5, 0.6) is 0 Å². The Morgan fingerprint density at radius 2 is 2.29 bits per heavy atom. The highest BCUT2D eigenvalue weighted by Crippen LogP contribution is 2.28. The van der Waals surface area contributed by atoms with Gasteiger partial charge in [0.15, 0.2) is 5.65 Å². The largest absolute Gasteiger partial charge is 0.478 e. The van der Waals surface area contributed by atoms with Gasteiger partial charge in [-0.15, -0.1) is 0 Å². The van der Waals surface area contributed by atoms with E-state index in [0.717, 1.165) is 5.71 Å². The summed E-state index contributed by atoms with van der Waals surface area (Å²) in [6.07, 6.45) is 1.25. The van der Waals surface area contributed by atoms with Crippen molar-refractivity contribution in [2.24, 2.45) is 5.10 Å². The summed E-state index contributed by atoms with van der Waals surface area (Å²) in [7, 11) is 0. The number of rotatable bonds is 3. The lowest BCUT2D eigenvalue weighted by atomic mass is 10.2. The van der Waals surface area contributed by atoms with E-state index in [0.29, 0.717) is 29.9 Å². The Kier molecular flexibility index (Phi) is 3.26. The summed E-state index contributed by atoms with van der Waals surface area (Å²) < 4.78 is 1.67. The molecule has 0 spiro atoms. The molecule has 3 rings (SSSR count). The highest BCUT2D eigenvalue weighted by atomic mass is 35.5. The number of nitrogens with zero attached hydrogens (tertiary/aromatic N) is 5. The quantitative estimate of drug-likeness (QED) is 0.886. The number of hydrogen-bond donors (Lipinski definition) is 2. The molecule has 2 N–H and O–H groups in total. The van der Waals surface area contributed by atoms with Gasteiger partial charge in [-0.1, -0.05) is 11.6 Å². The van der Waals surface area contributed by atoms with Gasteiger partial charge in [0, 0.05) is 6.20 Å². The molecule has 0 atom stereocenters. The van der Waals surface area contributed by atoms with Crippen molar-refractivity contribution in [3.05, 3.63) is 22.5 Å². The lowest BCUT2D eigenvalue weighted by molar-refractivity contribution is 0.0697. The topological polar surface area (TPSA) is 95.6 Å². The second-order valence-corrected chi connectivity index (χ2v) is 5.24.